The number of rotatable bonds is 3. The molecule has 0 saturated heterocycles. The molecule has 5 nitrogen and oxygen atoms in total. The minimum absolute atomic E-state index is 0.0313. The maximum absolute atomic E-state index is 11.8. The van der Waals surface area contributed by atoms with Crippen LogP contribution in [-0.4, -0.2) is 5.91 Å². The molecule has 18 heavy (non-hydrogen) atoms. The third-order valence-corrected chi connectivity index (χ3v) is 2.06. The number of carbonyl (C=O) groups is 1. The van der Waals surface area contributed by atoms with Crippen LogP contribution in [0.15, 0.2) is 41.7 Å². The van der Waals surface area contributed by atoms with Crippen molar-refractivity contribution in [3.05, 3.63) is 58.7 Å². The number of carbonyl (C=O) groups excluding carboxylic acids is 1. The molecule has 0 heterocycles. The molecule has 0 bridgehead atoms. The highest BCUT2D eigenvalue weighted by Crippen LogP contribution is 2.08. The maximum Gasteiger partial charge on any atom is 0.281 e. The van der Waals surface area contributed by atoms with Crippen molar-refractivity contribution in [3.63, 3.8) is 0 Å². The van der Waals surface area contributed by atoms with Crippen molar-refractivity contribution in [1.82, 2.24) is 5.32 Å². The van der Waals surface area contributed by atoms with Crippen LogP contribution in [0, 0.1) is 29.2 Å². The van der Waals surface area contributed by atoms with E-state index in [1.54, 1.807) is 42.5 Å². The SMILES string of the molecule is [C-]#[N+]/C(C#N)=C(/CC#N)NC(=O)c1ccccc1. The lowest BCUT2D eigenvalue weighted by Crippen LogP contribution is -2.23. The Morgan fingerprint density at radius 1 is 1.33 bits per heavy atom. The summed E-state index contributed by atoms with van der Waals surface area (Å²) in [7, 11) is 0. The van der Waals surface area contributed by atoms with E-state index in [0.29, 0.717) is 5.56 Å². The molecule has 0 aromatic heterocycles. The van der Waals surface area contributed by atoms with Crippen molar-refractivity contribution in [2.45, 2.75) is 6.42 Å². The van der Waals surface area contributed by atoms with Crippen LogP contribution in [0.5, 0.6) is 0 Å². The first-order valence-electron chi connectivity index (χ1n) is 4.97. The molecule has 0 aliphatic heterocycles. The average molecular weight is 236 g/mol. The first-order chi connectivity index (χ1) is 8.72. The number of nitriles is 2. The molecule has 1 aromatic rings. The zero-order chi connectivity index (χ0) is 13.4. The Balaban J connectivity index is 2.99. The van der Waals surface area contributed by atoms with E-state index in [1.807, 2.05) is 0 Å². The van der Waals surface area contributed by atoms with Gasteiger partial charge in [0.15, 0.2) is 0 Å². The first-order valence-corrected chi connectivity index (χ1v) is 4.97. The van der Waals surface area contributed by atoms with Gasteiger partial charge in [-0.05, 0) is 12.1 Å². The lowest BCUT2D eigenvalue weighted by Gasteiger charge is -2.06. The van der Waals surface area contributed by atoms with Crippen molar-refractivity contribution in [3.8, 4) is 12.1 Å². The Morgan fingerprint density at radius 2 is 2.00 bits per heavy atom. The normalized spacial score (nSPS) is 10.3. The fourth-order valence-corrected chi connectivity index (χ4v) is 1.22. The van der Waals surface area contributed by atoms with E-state index in [1.165, 1.54) is 0 Å². The van der Waals surface area contributed by atoms with Crippen LogP contribution in [0.3, 0.4) is 0 Å². The summed E-state index contributed by atoms with van der Waals surface area (Å²) in [5, 5.41) is 19.8. The van der Waals surface area contributed by atoms with Gasteiger partial charge < -0.3 is 5.32 Å². The average Bonchev–Trinajstić information content (AvgIpc) is 2.41. The van der Waals surface area contributed by atoms with E-state index < -0.39 is 5.91 Å². The van der Waals surface area contributed by atoms with Crippen molar-refractivity contribution < 1.29 is 4.79 Å². The second-order valence-electron chi connectivity index (χ2n) is 3.21. The second-order valence-corrected chi connectivity index (χ2v) is 3.21. The van der Waals surface area contributed by atoms with Crippen LogP contribution >= 0.6 is 0 Å². The highest BCUT2D eigenvalue weighted by molar-refractivity contribution is 5.95. The van der Waals surface area contributed by atoms with Gasteiger partial charge in [-0.3, -0.25) is 4.79 Å². The lowest BCUT2D eigenvalue weighted by molar-refractivity contribution is 0.0965. The highest BCUT2D eigenvalue weighted by atomic mass is 16.1. The van der Waals surface area contributed by atoms with Crippen LogP contribution in [-0.2, 0) is 0 Å². The summed E-state index contributed by atoms with van der Waals surface area (Å²) in [6.45, 7) is 6.80. The smallest absolute Gasteiger partial charge is 0.281 e. The zero-order valence-corrected chi connectivity index (χ0v) is 9.34. The van der Waals surface area contributed by atoms with Crippen LogP contribution in [0.4, 0.5) is 0 Å². The largest absolute Gasteiger partial charge is 0.333 e. The van der Waals surface area contributed by atoms with Gasteiger partial charge in [0.1, 0.15) is 0 Å². The predicted molar refractivity (Wildman–Crippen MR) is 63.4 cm³/mol. The molecule has 0 unspecified atom stereocenters. The van der Waals surface area contributed by atoms with E-state index in [0.717, 1.165) is 0 Å². The number of benzene rings is 1. The predicted octanol–water partition coefficient (Wildman–Crippen LogP) is 1.98. The van der Waals surface area contributed by atoms with Gasteiger partial charge in [0, 0.05) is 11.3 Å². The molecular formula is C13H8N4O. The van der Waals surface area contributed by atoms with Crippen molar-refractivity contribution in [2.24, 2.45) is 0 Å². The minimum Gasteiger partial charge on any atom is -0.333 e. The third kappa shape index (κ3) is 3.20. The van der Waals surface area contributed by atoms with Crippen molar-refractivity contribution in [1.29, 1.82) is 10.5 Å². The van der Waals surface area contributed by atoms with E-state index in [9.17, 15) is 4.79 Å². The van der Waals surface area contributed by atoms with Crippen LogP contribution in [0.25, 0.3) is 4.85 Å². The van der Waals surface area contributed by atoms with Gasteiger partial charge in [-0.2, -0.15) is 5.26 Å². The summed E-state index contributed by atoms with van der Waals surface area (Å²) in [6, 6.07) is 11.8. The van der Waals surface area contributed by atoms with Gasteiger partial charge in [0.2, 0.25) is 0 Å². The van der Waals surface area contributed by atoms with E-state index >= 15 is 0 Å². The quantitative estimate of drug-likeness (QED) is 0.643. The topological polar surface area (TPSA) is 81.0 Å². The molecule has 0 atom stereocenters. The van der Waals surface area contributed by atoms with Crippen molar-refractivity contribution >= 4 is 5.91 Å². The first kappa shape index (κ1) is 13.0. The Labute approximate surface area is 104 Å². The summed E-state index contributed by atoms with van der Waals surface area (Å²) in [6.07, 6.45) is -0.191. The minimum atomic E-state index is -0.447. The Kier molecular flexibility index (Phi) is 4.66. The van der Waals surface area contributed by atoms with Crippen LogP contribution in [0.1, 0.15) is 16.8 Å². The lowest BCUT2D eigenvalue weighted by atomic mass is 10.2. The van der Waals surface area contributed by atoms with Gasteiger partial charge >= 0.3 is 0 Å². The Morgan fingerprint density at radius 3 is 2.50 bits per heavy atom. The number of hydrogen-bond donors (Lipinski definition) is 1. The molecule has 0 radical (unpaired) electrons. The number of nitrogens with one attached hydrogen (secondary N) is 1. The molecule has 5 heteroatoms. The van der Waals surface area contributed by atoms with Crippen molar-refractivity contribution in [2.75, 3.05) is 0 Å². The molecule has 0 saturated carbocycles. The Bertz CT molecular complexity index is 581. The maximum atomic E-state index is 11.8. The Hall–Kier alpha value is -3.10. The molecule has 1 amide bonds. The number of amides is 1. The van der Waals surface area contributed by atoms with Gasteiger partial charge in [-0.25, -0.2) is 10.1 Å². The van der Waals surface area contributed by atoms with E-state index in [2.05, 4.69) is 10.2 Å². The third-order valence-electron chi connectivity index (χ3n) is 2.06. The van der Waals surface area contributed by atoms with E-state index in [4.69, 9.17) is 17.1 Å². The molecule has 0 aliphatic rings. The summed E-state index contributed by atoms with van der Waals surface area (Å²) in [5.74, 6) is -0.447. The van der Waals surface area contributed by atoms with Gasteiger partial charge in [0.05, 0.1) is 25.1 Å². The summed E-state index contributed by atoms with van der Waals surface area (Å²) < 4.78 is 0. The molecular weight excluding hydrogens is 228 g/mol. The number of hydrogen-bond acceptors (Lipinski definition) is 3. The van der Waals surface area contributed by atoms with Gasteiger partial charge in [-0.1, -0.05) is 18.2 Å². The van der Waals surface area contributed by atoms with Crippen LogP contribution < -0.4 is 5.32 Å². The summed E-state index contributed by atoms with van der Waals surface area (Å²) >= 11 is 0. The summed E-state index contributed by atoms with van der Waals surface area (Å²) in [5.41, 5.74) is 0.153. The molecule has 86 valence electrons. The molecule has 0 spiro atoms. The van der Waals surface area contributed by atoms with Gasteiger partial charge in [0.25, 0.3) is 11.6 Å². The van der Waals surface area contributed by atoms with E-state index in [-0.39, 0.29) is 17.8 Å². The van der Waals surface area contributed by atoms with Gasteiger partial charge in [-0.15, -0.1) is 0 Å². The molecule has 0 fully saturated rings. The monoisotopic (exact) mass is 236 g/mol. The highest BCUT2D eigenvalue weighted by Gasteiger charge is 2.11. The molecule has 1 N–H and O–H groups in total. The fraction of sp³-hybridized carbons (Fsp3) is 0.0769. The summed E-state index contributed by atoms with van der Waals surface area (Å²) in [4.78, 5) is 14.8. The molecule has 0 aliphatic carbocycles. The zero-order valence-electron chi connectivity index (χ0n) is 9.34. The van der Waals surface area contributed by atoms with Crippen LogP contribution in [0.2, 0.25) is 0 Å². The standard InChI is InChI=1S/C13H8N4O/c1-16-12(9-15)11(7-8-14)17-13(18)10-5-3-2-4-6-10/h2-6H,7H2,(H,17,18)/b12-11-. The fourth-order valence-electron chi connectivity index (χ4n) is 1.22. The molecule has 1 aromatic carbocycles. The molecule has 1 rings (SSSR count). The number of nitrogens with zero attached hydrogens (tertiary/aromatic N) is 3. The number of allylic oxidation sites excluding steroid dienone is 2. The second kappa shape index (κ2) is 6.48.